The first kappa shape index (κ1) is 28.9. The lowest BCUT2D eigenvalue weighted by Crippen LogP contribution is -2.21. The summed E-state index contributed by atoms with van der Waals surface area (Å²) in [7, 11) is -5.96. The van der Waals surface area contributed by atoms with Gasteiger partial charge in [-0.3, -0.25) is 9.59 Å². The van der Waals surface area contributed by atoms with Crippen molar-refractivity contribution in [3.63, 3.8) is 0 Å². The van der Waals surface area contributed by atoms with Crippen molar-refractivity contribution in [3.8, 4) is 5.75 Å². The molecule has 0 unspecified atom stereocenters. The van der Waals surface area contributed by atoms with Gasteiger partial charge in [-0.1, -0.05) is 0 Å². The fraction of sp³-hybridized carbons (Fsp3) is 0.118. The van der Waals surface area contributed by atoms with Crippen LogP contribution in [0.3, 0.4) is 0 Å². The normalized spacial score (nSPS) is 11.2. The van der Waals surface area contributed by atoms with E-state index < -0.39 is 67.4 Å². The molecule has 9 nitrogen and oxygen atoms in total. The highest BCUT2D eigenvalue weighted by atomic mass is 127. The summed E-state index contributed by atoms with van der Waals surface area (Å²) in [5.74, 6) is -14.7. The van der Waals surface area contributed by atoms with Crippen LogP contribution in [0.15, 0.2) is 4.90 Å². The summed E-state index contributed by atoms with van der Waals surface area (Å²) in [5, 5.41) is 4.84. The van der Waals surface area contributed by atoms with Gasteiger partial charge in [0.1, 0.15) is 15.0 Å². The Morgan fingerprint density at radius 2 is 1.18 bits per heavy atom. The molecule has 2 amide bonds. The molecule has 0 aliphatic rings. The molecule has 2 N–H and O–H groups in total. The number of carbonyl (C=O) groups is 3. The number of benzene rings is 2. The first-order chi connectivity index (χ1) is 15.5. The Balaban J connectivity index is 2.77. The van der Waals surface area contributed by atoms with Crippen LogP contribution in [-0.4, -0.2) is 30.8 Å². The first-order valence-corrected chi connectivity index (χ1v) is 12.9. The molecule has 0 spiro atoms. The van der Waals surface area contributed by atoms with Crippen LogP contribution in [0.5, 0.6) is 5.75 Å². The molecule has 0 fully saturated rings. The van der Waals surface area contributed by atoms with Gasteiger partial charge in [0.25, 0.3) is 0 Å². The molecule has 2 rings (SSSR count). The molecule has 0 radical (unpaired) electrons. The van der Waals surface area contributed by atoms with E-state index in [0.717, 1.165) is 13.8 Å². The zero-order valence-corrected chi connectivity index (χ0v) is 23.7. The molecule has 0 atom stereocenters. The number of amides is 2. The summed E-state index contributed by atoms with van der Waals surface area (Å²) in [4.78, 5) is 33.6. The number of carbonyl (C=O) groups excluding carboxylic acids is 3. The van der Waals surface area contributed by atoms with E-state index in [4.69, 9.17) is 0 Å². The third-order valence-electron chi connectivity index (χ3n) is 3.75. The van der Waals surface area contributed by atoms with Gasteiger partial charge in [0.15, 0.2) is 11.6 Å². The van der Waals surface area contributed by atoms with Crippen LogP contribution >= 0.6 is 67.8 Å². The molecule has 0 aromatic heterocycles. The fourth-order valence-electron chi connectivity index (χ4n) is 2.46. The van der Waals surface area contributed by atoms with Crippen molar-refractivity contribution in [1.82, 2.24) is 0 Å². The number of ether oxygens (including phenoxy) is 1. The maximum atomic E-state index is 14.3. The van der Waals surface area contributed by atoms with E-state index in [0.29, 0.717) is 0 Å². The zero-order chi connectivity index (χ0) is 26.3. The van der Waals surface area contributed by atoms with Gasteiger partial charge in [-0.05, 0) is 67.8 Å². The van der Waals surface area contributed by atoms with Crippen LogP contribution in [0.25, 0.3) is 0 Å². The van der Waals surface area contributed by atoms with Gasteiger partial charge >= 0.3 is 5.97 Å². The number of nitrogens with one attached hydrogen (secondary N) is 2. The predicted octanol–water partition coefficient (Wildman–Crippen LogP) is 4.10. The number of anilines is 2. The van der Waals surface area contributed by atoms with Crippen molar-refractivity contribution in [2.24, 2.45) is 0 Å². The van der Waals surface area contributed by atoms with Gasteiger partial charge in [-0.25, -0.2) is 22.0 Å². The fourth-order valence-corrected chi connectivity index (χ4v) is 7.22. The summed E-state index contributed by atoms with van der Waals surface area (Å²) < 4.78 is 94.2. The third-order valence-corrected chi connectivity index (χ3v) is 7.85. The van der Waals surface area contributed by atoms with Crippen molar-refractivity contribution in [1.29, 1.82) is 0 Å². The maximum absolute atomic E-state index is 14.3. The molecule has 0 aliphatic heterocycles. The van der Waals surface area contributed by atoms with Crippen LogP contribution in [-0.2, 0) is 19.7 Å². The minimum absolute atomic E-state index is 0.0101. The van der Waals surface area contributed by atoms with Gasteiger partial charge in [-0.15, -0.1) is 0 Å². The number of rotatable bonds is 5. The van der Waals surface area contributed by atoms with E-state index in [1.807, 2.05) is 0 Å². The monoisotopic (exact) mass is 841 g/mol. The Bertz CT molecular complexity index is 1300. The molecule has 2 aromatic rings. The quantitative estimate of drug-likeness (QED) is 0.115. The van der Waals surface area contributed by atoms with E-state index in [-0.39, 0.29) is 22.1 Å². The lowest BCUT2D eigenvalue weighted by molar-refractivity contribution is -0.115. The first-order valence-electron chi connectivity index (χ1n) is 8.30. The molecular formula is C17H8F4I3N2O7S-. The molecule has 0 bridgehead atoms. The average Bonchev–Trinajstić information content (AvgIpc) is 2.69. The molecule has 2 aromatic carbocycles. The number of hydrogen-bond donors (Lipinski definition) is 2. The van der Waals surface area contributed by atoms with Crippen LogP contribution in [0.1, 0.15) is 24.2 Å². The van der Waals surface area contributed by atoms with Crippen LogP contribution in [0, 0.1) is 34.0 Å². The molecule has 34 heavy (non-hydrogen) atoms. The summed E-state index contributed by atoms with van der Waals surface area (Å²) in [5.41, 5.74) is -0.443. The molecular weight excluding hydrogens is 833 g/mol. The lowest BCUT2D eigenvalue weighted by Gasteiger charge is -2.19. The Morgan fingerprint density at radius 1 is 0.794 bits per heavy atom. The Kier molecular flexibility index (Phi) is 9.13. The van der Waals surface area contributed by atoms with E-state index in [9.17, 15) is 44.9 Å². The Labute approximate surface area is 229 Å². The van der Waals surface area contributed by atoms with Crippen molar-refractivity contribution in [2.75, 3.05) is 10.6 Å². The standard InChI is InChI=1S/C17H9F4I3N2O7S/c1-3(27)25-13-10(22)5(11(23)14(12(13)24)26-4(2)28)17(29)33-15-6(18)8(20)16(34(30,31)32)9(21)7(15)19/h1-2H3,(H,25,27)(H,26,28)(H,30,31,32)/p-1. The Hall–Kier alpha value is -1.33. The van der Waals surface area contributed by atoms with E-state index >= 15 is 0 Å². The van der Waals surface area contributed by atoms with Crippen molar-refractivity contribution in [2.45, 2.75) is 18.7 Å². The Morgan fingerprint density at radius 3 is 1.50 bits per heavy atom. The minimum Gasteiger partial charge on any atom is -0.744 e. The van der Waals surface area contributed by atoms with Gasteiger partial charge in [-0.2, -0.15) is 8.78 Å². The predicted molar refractivity (Wildman–Crippen MR) is 132 cm³/mol. The van der Waals surface area contributed by atoms with Crippen molar-refractivity contribution >= 4 is 107 Å². The molecule has 0 saturated heterocycles. The van der Waals surface area contributed by atoms with Crippen LogP contribution in [0.2, 0.25) is 0 Å². The maximum Gasteiger partial charge on any atom is 0.346 e. The highest BCUT2D eigenvalue weighted by molar-refractivity contribution is 14.1. The van der Waals surface area contributed by atoms with Gasteiger partial charge < -0.3 is 19.9 Å². The molecule has 0 saturated carbocycles. The number of halogens is 7. The molecule has 0 heterocycles. The van der Waals surface area contributed by atoms with E-state index in [1.54, 1.807) is 67.8 Å². The minimum atomic E-state index is -5.96. The zero-order valence-electron chi connectivity index (χ0n) is 16.4. The second-order valence-corrected chi connectivity index (χ2v) is 10.7. The number of esters is 1. The van der Waals surface area contributed by atoms with Crippen LogP contribution < -0.4 is 15.4 Å². The highest BCUT2D eigenvalue weighted by Crippen LogP contribution is 2.40. The SMILES string of the molecule is CC(=O)Nc1c(I)c(NC(C)=O)c(I)c(C(=O)Oc2c(F)c(F)c(S(=O)(=O)[O-])c(F)c2F)c1I. The molecule has 0 aliphatic carbocycles. The largest absolute Gasteiger partial charge is 0.744 e. The molecule has 17 heteroatoms. The number of hydrogen-bond acceptors (Lipinski definition) is 7. The highest BCUT2D eigenvalue weighted by Gasteiger charge is 2.33. The van der Waals surface area contributed by atoms with Crippen molar-refractivity contribution in [3.05, 3.63) is 39.5 Å². The summed E-state index contributed by atoms with van der Waals surface area (Å²) in [6.45, 7) is 2.28. The summed E-state index contributed by atoms with van der Waals surface area (Å²) >= 11 is 4.93. The van der Waals surface area contributed by atoms with Gasteiger partial charge in [0.2, 0.25) is 29.2 Å². The average molecular weight is 841 g/mol. The lowest BCUT2D eigenvalue weighted by atomic mass is 10.1. The van der Waals surface area contributed by atoms with Gasteiger partial charge in [0, 0.05) is 13.8 Å². The summed E-state index contributed by atoms with van der Waals surface area (Å²) in [6, 6.07) is 0. The summed E-state index contributed by atoms with van der Waals surface area (Å²) in [6.07, 6.45) is 0. The van der Waals surface area contributed by atoms with Gasteiger partial charge in [0.05, 0.1) is 27.6 Å². The second-order valence-electron chi connectivity index (χ2n) is 6.19. The second kappa shape index (κ2) is 10.7. The van der Waals surface area contributed by atoms with Crippen LogP contribution in [0.4, 0.5) is 28.9 Å². The van der Waals surface area contributed by atoms with Crippen molar-refractivity contribution < 1.29 is 49.7 Å². The molecule has 184 valence electrons. The third kappa shape index (κ3) is 5.73. The van der Waals surface area contributed by atoms with E-state index in [1.165, 1.54) is 0 Å². The van der Waals surface area contributed by atoms with E-state index in [2.05, 4.69) is 15.4 Å². The topological polar surface area (TPSA) is 142 Å². The smallest absolute Gasteiger partial charge is 0.346 e.